The minimum Gasteiger partial charge on any atom is -0.457 e. The lowest BCUT2D eigenvalue weighted by Gasteiger charge is -2.31. The maximum Gasteiger partial charge on any atom is 0.319 e. The molecule has 0 bridgehead atoms. The quantitative estimate of drug-likeness (QED) is 0.242. The number of rotatable bonds is 8. The molecule has 0 unspecified atom stereocenters. The summed E-state index contributed by atoms with van der Waals surface area (Å²) in [5.74, 6) is 0.415. The number of nitrogen functional groups attached to an aromatic ring is 1. The van der Waals surface area contributed by atoms with Crippen molar-refractivity contribution in [2.45, 2.75) is 54.1 Å². The summed E-state index contributed by atoms with van der Waals surface area (Å²) in [6.45, 7) is 16.8. The molecule has 0 spiro atoms. The Labute approximate surface area is 263 Å². The van der Waals surface area contributed by atoms with Crippen LogP contribution in [0.25, 0.3) is 15.6 Å². The normalized spacial score (nSPS) is 13.3. The molecule has 1 amide bonds. The number of nitrogens with two attached hydrogens (primary N) is 1. The van der Waals surface area contributed by atoms with Gasteiger partial charge in [-0.1, -0.05) is 63.9 Å². The number of carbonyl (C=O) groups excluding carboxylic acids is 1. The van der Waals surface area contributed by atoms with Crippen LogP contribution in [-0.2, 0) is 17.8 Å². The lowest BCUT2D eigenvalue weighted by molar-refractivity contribution is -0.127. The first-order valence-electron chi connectivity index (χ1n) is 13.4. The average Bonchev–Trinajstić information content (AvgIpc) is 3.50. The van der Waals surface area contributed by atoms with Crippen LogP contribution in [0.15, 0.2) is 72.4 Å². The van der Waals surface area contributed by atoms with Crippen LogP contribution in [0.4, 0.5) is 11.5 Å². The number of aliphatic imine (C=N–C) groups is 1. The van der Waals surface area contributed by atoms with Crippen LogP contribution in [0.1, 0.15) is 46.4 Å². The predicted octanol–water partition coefficient (Wildman–Crippen LogP) is 6.23. The number of aromatic nitrogens is 2. The van der Waals surface area contributed by atoms with Crippen molar-refractivity contribution in [3.8, 4) is 6.01 Å². The van der Waals surface area contributed by atoms with E-state index >= 15 is 0 Å². The van der Waals surface area contributed by atoms with Gasteiger partial charge in [-0.25, -0.2) is 6.57 Å². The molecule has 9 nitrogen and oxygen atoms in total. The van der Waals surface area contributed by atoms with E-state index < -0.39 is 0 Å². The van der Waals surface area contributed by atoms with Gasteiger partial charge in [0.15, 0.2) is 0 Å². The fourth-order valence-electron chi connectivity index (χ4n) is 4.87. The van der Waals surface area contributed by atoms with Crippen LogP contribution in [0.2, 0.25) is 0 Å². The van der Waals surface area contributed by atoms with Crippen molar-refractivity contribution in [2.24, 2.45) is 4.99 Å². The maximum atomic E-state index is 11.2. The molecule has 2 aliphatic heterocycles. The van der Waals surface area contributed by atoms with E-state index in [1.807, 2.05) is 19.9 Å². The van der Waals surface area contributed by atoms with E-state index in [1.54, 1.807) is 11.1 Å². The van der Waals surface area contributed by atoms with E-state index in [1.165, 1.54) is 22.5 Å². The van der Waals surface area contributed by atoms with Crippen LogP contribution >= 0.6 is 13.5 Å². The minimum atomic E-state index is -0.103. The molecule has 0 radical (unpaired) electrons. The highest BCUT2D eigenvalue weighted by Gasteiger charge is 2.23. The second-order valence-corrected chi connectivity index (χ2v) is 9.58. The summed E-state index contributed by atoms with van der Waals surface area (Å²) < 4.78 is 5.76. The molecule has 0 aliphatic carbocycles. The zero-order valence-corrected chi connectivity index (χ0v) is 24.6. The molecule has 3 aromatic rings. The fourth-order valence-corrected chi connectivity index (χ4v) is 4.87. The maximum absolute atomic E-state index is 11.2. The van der Waals surface area contributed by atoms with Gasteiger partial charge < -0.3 is 25.1 Å². The summed E-state index contributed by atoms with van der Waals surface area (Å²) in [7, 11) is 0. The highest BCUT2D eigenvalue weighted by atomic mass is 32.1. The van der Waals surface area contributed by atoms with E-state index in [9.17, 15) is 4.79 Å². The number of ether oxygens (including phenoxy) is 1. The molecule has 0 saturated heterocycles. The number of benzene rings is 2. The Bertz CT molecular complexity index is 1480. The topological polar surface area (TPSA) is 101 Å². The van der Waals surface area contributed by atoms with Gasteiger partial charge in [-0.3, -0.25) is 9.79 Å². The SMILES string of the molecule is C.C.Nc1nc(OCC2=NC=CC2)nc2c1CCN(c1cccc3ccccc13)C2.S.[C-]#[N+]C[C@@H](C)N(CC)C(=O)C=C. The van der Waals surface area contributed by atoms with Crippen molar-refractivity contribution in [1.82, 2.24) is 14.9 Å². The Morgan fingerprint density at radius 1 is 1.23 bits per heavy atom. The zero-order chi connectivity index (χ0) is 28.5. The van der Waals surface area contributed by atoms with Gasteiger partial charge in [0, 0.05) is 42.3 Å². The van der Waals surface area contributed by atoms with E-state index in [0.717, 1.165) is 36.4 Å². The first kappa shape index (κ1) is 36.7. The molecule has 0 saturated carbocycles. The van der Waals surface area contributed by atoms with Crippen LogP contribution < -0.4 is 15.4 Å². The van der Waals surface area contributed by atoms with Crippen LogP contribution in [0.3, 0.4) is 0 Å². The Kier molecular flexibility index (Phi) is 15.0. The first-order valence-corrected chi connectivity index (χ1v) is 13.4. The van der Waals surface area contributed by atoms with Gasteiger partial charge in [0.1, 0.15) is 18.5 Å². The third kappa shape index (κ3) is 9.06. The van der Waals surface area contributed by atoms with E-state index in [4.69, 9.17) is 17.0 Å². The van der Waals surface area contributed by atoms with Crippen molar-refractivity contribution >= 4 is 47.4 Å². The largest absolute Gasteiger partial charge is 0.457 e. The van der Waals surface area contributed by atoms with Crippen LogP contribution in [-0.4, -0.2) is 58.8 Å². The molecular formula is C33H45N7O2S. The van der Waals surface area contributed by atoms with Gasteiger partial charge in [0.05, 0.1) is 18.0 Å². The monoisotopic (exact) mass is 603 g/mol. The number of fused-ring (bicyclic) bond motifs is 2. The molecule has 2 aromatic carbocycles. The van der Waals surface area contributed by atoms with Crippen molar-refractivity contribution in [3.05, 3.63) is 90.1 Å². The highest BCUT2D eigenvalue weighted by molar-refractivity contribution is 7.59. The lowest BCUT2D eigenvalue weighted by atomic mass is 10.0. The Morgan fingerprint density at radius 3 is 2.65 bits per heavy atom. The summed E-state index contributed by atoms with van der Waals surface area (Å²) in [5, 5.41) is 2.49. The molecule has 2 N–H and O–H groups in total. The second kappa shape index (κ2) is 17.6. The highest BCUT2D eigenvalue weighted by Crippen LogP contribution is 2.32. The lowest BCUT2D eigenvalue weighted by Crippen LogP contribution is -2.38. The third-order valence-electron chi connectivity index (χ3n) is 6.95. The number of amides is 1. The third-order valence-corrected chi connectivity index (χ3v) is 6.95. The van der Waals surface area contributed by atoms with Crippen molar-refractivity contribution in [2.75, 3.05) is 36.9 Å². The van der Waals surface area contributed by atoms with Gasteiger partial charge in [-0.2, -0.15) is 23.5 Å². The molecule has 1 aromatic heterocycles. The minimum absolute atomic E-state index is 0. The number of likely N-dealkylation sites (N-methyl/N-ethyl adjacent to an activating group) is 1. The zero-order valence-electron chi connectivity index (χ0n) is 23.6. The Hall–Kier alpha value is -4.36. The van der Waals surface area contributed by atoms with Gasteiger partial charge in [-0.15, -0.1) is 0 Å². The molecule has 230 valence electrons. The Morgan fingerprint density at radius 2 is 1.98 bits per heavy atom. The number of nitrogens with zero attached hydrogens (tertiary/aromatic N) is 6. The van der Waals surface area contributed by atoms with Crippen molar-refractivity contribution in [1.29, 1.82) is 0 Å². The number of hydrogen-bond donors (Lipinski definition) is 1. The summed E-state index contributed by atoms with van der Waals surface area (Å²) in [4.78, 5) is 31.7. The average molecular weight is 604 g/mol. The van der Waals surface area contributed by atoms with E-state index in [2.05, 4.69) is 73.7 Å². The number of carbonyl (C=O) groups is 1. The van der Waals surface area contributed by atoms with E-state index in [-0.39, 0.29) is 40.3 Å². The van der Waals surface area contributed by atoms with Crippen LogP contribution in [0, 0.1) is 6.57 Å². The molecule has 10 heteroatoms. The second-order valence-electron chi connectivity index (χ2n) is 9.58. The molecule has 5 rings (SSSR count). The summed E-state index contributed by atoms with van der Waals surface area (Å²) in [5.41, 5.74) is 10.4. The first-order chi connectivity index (χ1) is 19.4. The molecule has 3 heterocycles. The smallest absolute Gasteiger partial charge is 0.319 e. The van der Waals surface area contributed by atoms with Gasteiger partial charge in [0.2, 0.25) is 12.5 Å². The van der Waals surface area contributed by atoms with Crippen LogP contribution in [0.5, 0.6) is 6.01 Å². The number of anilines is 2. The summed E-state index contributed by atoms with van der Waals surface area (Å²) in [6, 6.07) is 15.2. The summed E-state index contributed by atoms with van der Waals surface area (Å²) >= 11 is 0. The van der Waals surface area contributed by atoms with E-state index in [0.29, 0.717) is 38.1 Å². The van der Waals surface area contributed by atoms with Gasteiger partial charge in [-0.05, 0) is 37.8 Å². The molecule has 43 heavy (non-hydrogen) atoms. The number of allylic oxidation sites excluding steroid dienone is 1. The van der Waals surface area contributed by atoms with Gasteiger partial charge in [0.25, 0.3) is 0 Å². The summed E-state index contributed by atoms with van der Waals surface area (Å²) in [6.07, 6.45) is 6.71. The molecule has 1 atom stereocenters. The van der Waals surface area contributed by atoms with Crippen molar-refractivity contribution < 1.29 is 9.53 Å². The fraction of sp³-hybridized carbons (Fsp3) is 0.364. The number of hydrogen-bond acceptors (Lipinski definition) is 7. The predicted molar refractivity (Wildman–Crippen MR) is 184 cm³/mol. The standard InChI is InChI=1S/C22H21N5O.C9H14N2O.2CH4.H2S/c23-21-18-10-12-27(20-9-3-6-15-5-1-2-8-17(15)20)13-19(18)25-22(26-21)28-14-16-7-4-11-24-16;1-5-9(12)11(6-2)8(3)7-10-4;;;/h1-6,8-9,11H,7,10,12-14H2,(H2,23,25,26);5,8H,1,6-7H2,2-3H3;2*1H4;1H2/t;8-;;;/m.1.../s1. The van der Waals surface area contributed by atoms with Gasteiger partial charge >= 0.3 is 6.01 Å². The molecular weight excluding hydrogens is 558 g/mol. The molecule has 0 fully saturated rings. The molecule has 2 aliphatic rings. The van der Waals surface area contributed by atoms with Crippen molar-refractivity contribution in [3.63, 3.8) is 0 Å². The Balaban J connectivity index is 0.000000535.